The number of hydrazine groups is 1. The maximum atomic E-state index is 16.1. The van der Waals surface area contributed by atoms with Crippen molar-refractivity contribution in [2.24, 2.45) is 10.8 Å². The number of phosphoric acid groups is 1. The minimum atomic E-state index is -5.37. The van der Waals surface area contributed by atoms with E-state index in [0.29, 0.717) is 48.4 Å². The van der Waals surface area contributed by atoms with Gasteiger partial charge in [0.05, 0.1) is 43.3 Å². The van der Waals surface area contributed by atoms with Crippen molar-refractivity contribution in [1.29, 1.82) is 0 Å². The van der Waals surface area contributed by atoms with Gasteiger partial charge in [0.1, 0.15) is 29.8 Å². The van der Waals surface area contributed by atoms with Crippen LogP contribution in [0.15, 0.2) is 48.7 Å². The average molecular weight is 1170 g/mol. The van der Waals surface area contributed by atoms with E-state index >= 15 is 8.78 Å². The van der Waals surface area contributed by atoms with E-state index in [1.54, 1.807) is 10.6 Å². The lowest BCUT2D eigenvalue weighted by Gasteiger charge is -2.38. The van der Waals surface area contributed by atoms with Crippen LogP contribution < -0.4 is 21.4 Å². The number of alkyl carbamates (subject to hydrolysis) is 2. The van der Waals surface area contributed by atoms with Crippen molar-refractivity contribution in [2.75, 3.05) is 27.6 Å². The highest BCUT2D eigenvalue weighted by Gasteiger charge is 2.57. The lowest BCUT2D eigenvalue weighted by Crippen LogP contribution is -2.64. The van der Waals surface area contributed by atoms with E-state index in [2.05, 4.69) is 29.1 Å². The minimum Gasteiger partial charge on any atom is -0.453 e. The Kier molecular flexibility index (Phi) is 20.5. The number of ether oxygens (including phenoxy) is 4. The first-order valence-corrected chi connectivity index (χ1v) is 22.5. The molecule has 0 bridgehead atoms. The summed E-state index contributed by atoms with van der Waals surface area (Å²) in [4.78, 5) is 84.3. The molecule has 71 heavy (non-hydrogen) atoms. The SMILES string of the molecule is COC(=O)N[C@H](C(=O)N[C@@H](Cc1ccc(I)cc1)[C@H](CN(Cc1c(F)cc(-c2ccn(C(F)F)n2)cc1F)NC(=O)[C@@H](NC(=O)OC)C(C)(C)C(F)(F)F)OC(=O)OCOP(=O)(O)O)C(C)(C)C(F)(F)F. The summed E-state index contributed by atoms with van der Waals surface area (Å²) in [5.74, 6) is -6.58. The predicted molar refractivity (Wildman–Crippen MR) is 230 cm³/mol. The first-order valence-electron chi connectivity index (χ1n) is 19.9. The van der Waals surface area contributed by atoms with E-state index in [9.17, 15) is 63.7 Å². The fourth-order valence-corrected chi connectivity index (χ4v) is 6.62. The maximum absolute atomic E-state index is 16.1. The van der Waals surface area contributed by atoms with Crippen LogP contribution in [0.3, 0.4) is 0 Å². The molecule has 0 spiro atoms. The number of nitrogens with zero attached hydrogens (tertiary/aromatic N) is 3. The normalized spacial score (nSPS) is 14.2. The second kappa shape index (κ2) is 24.3. The molecule has 32 heteroatoms. The third kappa shape index (κ3) is 16.8. The Hall–Kier alpha value is -5.50. The third-order valence-electron chi connectivity index (χ3n) is 10.4. The summed E-state index contributed by atoms with van der Waals surface area (Å²) in [6.45, 7) is -5.45. The summed E-state index contributed by atoms with van der Waals surface area (Å²) in [6, 6.07) is 0.621. The number of phosphoric ester groups is 1. The largest absolute Gasteiger partial charge is 0.510 e. The van der Waals surface area contributed by atoms with E-state index in [1.807, 2.05) is 28.0 Å². The molecule has 1 heterocycles. The van der Waals surface area contributed by atoms with Crippen LogP contribution in [0.1, 0.15) is 45.4 Å². The molecule has 3 rings (SSSR count). The van der Waals surface area contributed by atoms with Gasteiger partial charge in [-0.25, -0.2) is 41.9 Å². The molecular weight excluding hydrogens is 1120 g/mol. The van der Waals surface area contributed by atoms with Crippen molar-refractivity contribution in [3.8, 4) is 11.3 Å². The van der Waals surface area contributed by atoms with Crippen LogP contribution in [-0.2, 0) is 50.6 Å². The van der Waals surface area contributed by atoms with E-state index in [1.165, 1.54) is 24.3 Å². The van der Waals surface area contributed by atoms with Crippen molar-refractivity contribution in [3.63, 3.8) is 0 Å². The molecule has 2 aromatic carbocycles. The van der Waals surface area contributed by atoms with Gasteiger partial charge in [-0.3, -0.25) is 15.0 Å². The summed E-state index contributed by atoms with van der Waals surface area (Å²) in [5.41, 5.74) is -6.17. The molecule has 4 atom stereocenters. The van der Waals surface area contributed by atoms with Crippen LogP contribution in [0, 0.1) is 26.0 Å². The maximum Gasteiger partial charge on any atom is 0.510 e. The molecule has 0 aliphatic heterocycles. The molecule has 396 valence electrons. The first-order chi connectivity index (χ1) is 32.6. The van der Waals surface area contributed by atoms with Gasteiger partial charge in [0.2, 0.25) is 12.7 Å². The van der Waals surface area contributed by atoms with Gasteiger partial charge in [0.15, 0.2) is 0 Å². The highest BCUT2D eigenvalue weighted by atomic mass is 127. The number of nitrogens with one attached hydrogen (secondary N) is 4. The summed E-state index contributed by atoms with van der Waals surface area (Å²) >= 11 is 1.88. The highest BCUT2D eigenvalue weighted by Crippen LogP contribution is 2.42. The van der Waals surface area contributed by atoms with Crippen LogP contribution >= 0.6 is 30.4 Å². The molecular formula is C39H45F10IN7O13P. The second-order valence-corrected chi connectivity index (χ2v) is 18.5. The number of rotatable bonds is 21. The van der Waals surface area contributed by atoms with Crippen LogP contribution in [0.25, 0.3) is 11.3 Å². The molecule has 0 radical (unpaired) electrons. The van der Waals surface area contributed by atoms with Crippen LogP contribution in [0.5, 0.6) is 0 Å². The summed E-state index contributed by atoms with van der Waals surface area (Å²) in [5, 5.41) is 9.53. The summed E-state index contributed by atoms with van der Waals surface area (Å²) in [6.07, 6.45) is -17.9. The van der Waals surface area contributed by atoms with Crippen molar-refractivity contribution in [1.82, 2.24) is 36.2 Å². The Morgan fingerprint density at radius 1 is 0.817 bits per heavy atom. The van der Waals surface area contributed by atoms with Crippen LogP contribution in [0.4, 0.5) is 58.3 Å². The van der Waals surface area contributed by atoms with Crippen molar-refractivity contribution in [2.45, 2.75) is 83.8 Å². The second-order valence-electron chi connectivity index (χ2n) is 16.0. The Balaban J connectivity index is 2.35. The van der Waals surface area contributed by atoms with Gasteiger partial charge < -0.3 is 44.7 Å². The predicted octanol–water partition coefficient (Wildman–Crippen LogP) is 6.60. The van der Waals surface area contributed by atoms with Gasteiger partial charge in [-0.15, -0.1) is 0 Å². The first kappa shape index (κ1) is 59.8. The highest BCUT2D eigenvalue weighted by molar-refractivity contribution is 14.1. The van der Waals surface area contributed by atoms with Gasteiger partial charge in [-0.1, -0.05) is 12.1 Å². The van der Waals surface area contributed by atoms with Gasteiger partial charge >= 0.3 is 45.1 Å². The van der Waals surface area contributed by atoms with Gasteiger partial charge in [0, 0.05) is 27.4 Å². The summed E-state index contributed by atoms with van der Waals surface area (Å²) < 4.78 is 181. The smallest absolute Gasteiger partial charge is 0.453 e. The standard InChI is InChI=1S/C39H45F10IN7O13P/c1-36(2,38(44,45)46)28(52-33(60)66-5)30(58)51-26(13-19-7-9-21(50)10-8-19)27(70-35(62)68-18-69-71(63,64)65)17-56(55-31(59)29(53-34(61)67-6)37(3,4)39(47,48)49)16-22-23(40)14-20(15-24(22)41)25-11-12-57(54-25)32(42)43/h7-12,14-15,26-29,32H,13,16-18H2,1-6H3,(H,51,58)(H,52,60)(H,53,61)(H,55,59)(H2,63,64,65)/t26-,27-,28+,29+/m0/s1. The molecule has 0 aliphatic carbocycles. The van der Waals surface area contributed by atoms with Crippen LogP contribution in [0.2, 0.25) is 0 Å². The number of methoxy groups -OCH3 is 2. The molecule has 0 aliphatic rings. The number of amides is 4. The molecule has 0 unspecified atom stereocenters. The van der Waals surface area contributed by atoms with Crippen molar-refractivity contribution in [3.05, 3.63) is 75.0 Å². The molecule has 0 saturated carbocycles. The van der Waals surface area contributed by atoms with Gasteiger partial charge in [0.25, 0.3) is 5.91 Å². The Morgan fingerprint density at radius 3 is 1.77 bits per heavy atom. The number of carbonyl (C=O) groups is 5. The zero-order valence-electron chi connectivity index (χ0n) is 37.7. The molecule has 20 nitrogen and oxygen atoms in total. The quantitative estimate of drug-likeness (QED) is 0.0125. The number of hydrogen-bond acceptors (Lipinski definition) is 13. The lowest BCUT2D eigenvalue weighted by molar-refractivity contribution is -0.221. The van der Waals surface area contributed by atoms with E-state index in [0.717, 1.165) is 26.5 Å². The number of carbonyl (C=O) groups excluding carboxylic acids is 5. The third-order valence-corrected chi connectivity index (χ3v) is 11.5. The molecule has 3 aromatic rings. The number of halogens is 11. The zero-order valence-corrected chi connectivity index (χ0v) is 40.7. The zero-order chi connectivity index (χ0) is 54.0. The Morgan fingerprint density at radius 2 is 1.32 bits per heavy atom. The molecule has 4 amide bonds. The van der Waals surface area contributed by atoms with Crippen molar-refractivity contribution >= 4 is 60.6 Å². The molecule has 1 aromatic heterocycles. The molecule has 6 N–H and O–H groups in total. The monoisotopic (exact) mass is 1170 g/mol. The molecule has 0 fully saturated rings. The summed E-state index contributed by atoms with van der Waals surface area (Å²) in [7, 11) is -3.90. The van der Waals surface area contributed by atoms with E-state index < -0.39 is 141 Å². The van der Waals surface area contributed by atoms with E-state index in [4.69, 9.17) is 14.5 Å². The Labute approximate surface area is 409 Å². The average Bonchev–Trinajstić information content (AvgIpc) is 3.75. The topological polar surface area (TPSA) is 258 Å². The van der Waals surface area contributed by atoms with Crippen molar-refractivity contribution < 1.29 is 106 Å². The Bertz CT molecular complexity index is 2380. The minimum absolute atomic E-state index is 0.143. The number of alkyl halides is 8. The number of hydrogen-bond donors (Lipinski definition) is 6. The van der Waals surface area contributed by atoms with Gasteiger partial charge in [-0.2, -0.15) is 40.2 Å². The number of aromatic nitrogens is 2. The van der Waals surface area contributed by atoms with Crippen LogP contribution in [-0.4, -0.2) is 119 Å². The fourth-order valence-electron chi connectivity index (χ4n) is 6.07. The molecule has 0 saturated heterocycles. The van der Waals surface area contributed by atoms with E-state index in [-0.39, 0.29) is 15.9 Å². The number of benzene rings is 2. The lowest BCUT2D eigenvalue weighted by atomic mass is 9.82. The van der Waals surface area contributed by atoms with Gasteiger partial charge in [-0.05, 0) is 92.6 Å². The fraction of sp³-hybridized carbons (Fsp3) is 0.487.